The van der Waals surface area contributed by atoms with Gasteiger partial charge >= 0.3 is 0 Å². The zero-order valence-corrected chi connectivity index (χ0v) is 10.4. The molecule has 0 saturated carbocycles. The summed E-state index contributed by atoms with van der Waals surface area (Å²) in [5.74, 6) is 0.727. The molecule has 0 radical (unpaired) electrons. The van der Waals surface area contributed by atoms with Crippen LogP contribution in [0.2, 0.25) is 0 Å². The first-order valence-corrected chi connectivity index (χ1v) is 3.19. The van der Waals surface area contributed by atoms with Gasteiger partial charge in [0.1, 0.15) is 0 Å². The van der Waals surface area contributed by atoms with Gasteiger partial charge in [0.15, 0.2) is 0 Å². The molecule has 0 fully saturated rings. The Morgan fingerprint density at radius 3 is 1.38 bits per heavy atom. The number of rotatable bonds is 2. The van der Waals surface area contributed by atoms with Gasteiger partial charge in [0.25, 0.3) is 0 Å². The minimum atomic E-state index is 0. The quantitative estimate of drug-likeness (QED) is 0.359. The average Bonchev–Trinajstić information content (AvgIpc) is 2.14. The number of allylic oxidation sites excluding steroid dienone is 1. The van der Waals surface area contributed by atoms with Gasteiger partial charge in [0.05, 0.1) is 5.76 Å². The van der Waals surface area contributed by atoms with Crippen LogP contribution in [0.1, 0.15) is 6.92 Å². The molecular weight excluding hydrogens is 208 g/mol. The molecule has 0 aromatic heterocycles. The minimum absolute atomic E-state index is 0. The van der Waals surface area contributed by atoms with Gasteiger partial charge in [-0.05, 0) is 13.5 Å². The van der Waals surface area contributed by atoms with E-state index in [0.29, 0.717) is 6.61 Å². The van der Waals surface area contributed by atoms with Crippen LogP contribution < -0.4 is 0 Å². The number of hydrogen-bond donors (Lipinski definition) is 3. The predicted molar refractivity (Wildman–Crippen MR) is 50.6 cm³/mol. The fourth-order valence-corrected chi connectivity index (χ4v) is 0.174. The van der Waals surface area contributed by atoms with Crippen LogP contribution in [-0.2, 0) is 26.5 Å². The van der Waals surface area contributed by atoms with E-state index in [2.05, 4.69) is 13.5 Å². The average molecular weight is 229 g/mol. The smallest absolute Gasteiger partial charge is 0.0816 e. The fraction of sp³-hybridized carbons (Fsp3) is 0.625. The van der Waals surface area contributed by atoms with Crippen molar-refractivity contribution < 1.29 is 41.8 Å². The van der Waals surface area contributed by atoms with Crippen molar-refractivity contribution in [2.24, 2.45) is 0 Å². The molecule has 0 rings (SSSR count). The molecule has 0 spiro atoms. The first kappa shape index (κ1) is 29.2. The van der Waals surface area contributed by atoms with Gasteiger partial charge < -0.3 is 27.0 Å². The maximum atomic E-state index is 7.00. The summed E-state index contributed by atoms with van der Waals surface area (Å²) < 4.78 is 4.74. The molecule has 0 aliphatic heterocycles. The number of aliphatic hydroxyl groups excluding tert-OH is 3. The van der Waals surface area contributed by atoms with E-state index < -0.39 is 0 Å². The van der Waals surface area contributed by atoms with Crippen LogP contribution in [0, 0.1) is 6.92 Å². The Labute approximate surface area is 96.1 Å². The molecular formula is C8H21O4Ti-. The Hall–Kier alpha value is 0.134. The molecule has 0 bridgehead atoms. The Balaban J connectivity index is -0.0000000263. The molecule has 0 aromatic rings. The summed E-state index contributed by atoms with van der Waals surface area (Å²) in [4.78, 5) is 0. The summed E-state index contributed by atoms with van der Waals surface area (Å²) in [6, 6.07) is 0. The van der Waals surface area contributed by atoms with Gasteiger partial charge in [-0.1, -0.05) is 6.58 Å². The molecule has 0 aliphatic rings. The van der Waals surface area contributed by atoms with Crippen molar-refractivity contribution in [1.82, 2.24) is 0 Å². The zero-order chi connectivity index (χ0) is 11.0. The van der Waals surface area contributed by atoms with Gasteiger partial charge in [-0.3, -0.25) is 0 Å². The van der Waals surface area contributed by atoms with Gasteiger partial charge in [-0.15, -0.1) is 0 Å². The minimum Gasteiger partial charge on any atom is -0.531 e. The van der Waals surface area contributed by atoms with Crippen LogP contribution in [0.5, 0.6) is 0 Å². The summed E-state index contributed by atoms with van der Waals surface area (Å²) in [5, 5.41) is 21.0. The topological polar surface area (TPSA) is 69.9 Å². The van der Waals surface area contributed by atoms with Crippen LogP contribution in [0.15, 0.2) is 12.3 Å². The van der Waals surface area contributed by atoms with Crippen molar-refractivity contribution in [2.75, 3.05) is 27.9 Å². The summed E-state index contributed by atoms with van der Waals surface area (Å²) in [7, 11) is 3.00. The Morgan fingerprint density at radius 2 is 1.38 bits per heavy atom. The van der Waals surface area contributed by atoms with E-state index in [4.69, 9.17) is 20.1 Å². The van der Waals surface area contributed by atoms with Crippen molar-refractivity contribution >= 4 is 0 Å². The summed E-state index contributed by atoms with van der Waals surface area (Å²) in [5.41, 5.74) is 0. The number of aliphatic hydroxyl groups is 3. The van der Waals surface area contributed by atoms with Crippen LogP contribution in [0.3, 0.4) is 0 Å². The Kier molecular flexibility index (Phi) is 128. The molecule has 13 heavy (non-hydrogen) atoms. The van der Waals surface area contributed by atoms with Crippen LogP contribution in [0.25, 0.3) is 0 Å². The second kappa shape index (κ2) is 57.1. The molecule has 0 amide bonds. The molecule has 4 nitrogen and oxygen atoms in total. The second-order valence-electron chi connectivity index (χ2n) is 1.05. The summed E-state index contributed by atoms with van der Waals surface area (Å²) >= 11 is 0. The van der Waals surface area contributed by atoms with Gasteiger partial charge in [-0.25, -0.2) is 0 Å². The molecule has 0 unspecified atom stereocenters. The molecule has 82 valence electrons. The molecule has 0 saturated heterocycles. The van der Waals surface area contributed by atoms with Gasteiger partial charge in [-0.2, -0.15) is 0 Å². The van der Waals surface area contributed by atoms with E-state index >= 15 is 0 Å². The molecule has 0 aliphatic carbocycles. The molecule has 0 atom stereocenters. The molecule has 0 heterocycles. The molecule has 0 aromatic carbocycles. The second-order valence-corrected chi connectivity index (χ2v) is 1.05. The first-order chi connectivity index (χ1) is 5.77. The van der Waals surface area contributed by atoms with E-state index in [-0.39, 0.29) is 21.7 Å². The van der Waals surface area contributed by atoms with Gasteiger partial charge in [0, 0.05) is 43.0 Å². The van der Waals surface area contributed by atoms with Crippen LogP contribution >= 0.6 is 0 Å². The summed E-state index contributed by atoms with van der Waals surface area (Å²) in [6.45, 7) is 9.20. The Bertz CT molecular complexity index is 60.1. The third kappa shape index (κ3) is 127. The van der Waals surface area contributed by atoms with E-state index in [1.165, 1.54) is 0 Å². The fourth-order valence-electron chi connectivity index (χ4n) is 0.174. The normalized spacial score (nSPS) is 4.92. The Morgan fingerprint density at radius 1 is 1.15 bits per heavy atom. The van der Waals surface area contributed by atoms with E-state index in [1.807, 2.05) is 0 Å². The van der Waals surface area contributed by atoms with E-state index in [1.54, 1.807) is 6.92 Å². The van der Waals surface area contributed by atoms with Crippen molar-refractivity contribution in [3.8, 4) is 0 Å². The van der Waals surface area contributed by atoms with Crippen molar-refractivity contribution in [3.05, 3.63) is 19.3 Å². The molecule has 3 N–H and O–H groups in total. The third-order valence-corrected chi connectivity index (χ3v) is 0.348. The molecule has 5 heteroatoms. The SMILES string of the molecule is C=C(C)OC[CH2-].CO.CO.CO.[Ti]. The first-order valence-electron chi connectivity index (χ1n) is 3.19. The standard InChI is InChI=1S/C5H9O.3CH4O.Ti/c1-4-6-5(2)3;3*1-2;/h1-2,4H2,3H3;3*2H,1H3;/q-1;;;;. The summed E-state index contributed by atoms with van der Waals surface area (Å²) in [6.07, 6.45) is 0. The third-order valence-electron chi connectivity index (χ3n) is 0.348. The maximum Gasteiger partial charge on any atom is 0.0816 e. The maximum absolute atomic E-state index is 7.00. The zero-order valence-electron chi connectivity index (χ0n) is 8.87. The van der Waals surface area contributed by atoms with Crippen LogP contribution in [0.4, 0.5) is 0 Å². The van der Waals surface area contributed by atoms with Crippen LogP contribution in [-0.4, -0.2) is 43.3 Å². The van der Waals surface area contributed by atoms with Crippen molar-refractivity contribution in [1.29, 1.82) is 0 Å². The van der Waals surface area contributed by atoms with Gasteiger partial charge in [0.2, 0.25) is 0 Å². The van der Waals surface area contributed by atoms with E-state index in [0.717, 1.165) is 27.1 Å². The predicted octanol–water partition coefficient (Wildman–Crippen LogP) is 0.194. The largest absolute Gasteiger partial charge is 0.531 e. The van der Waals surface area contributed by atoms with Crippen molar-refractivity contribution in [3.63, 3.8) is 0 Å². The van der Waals surface area contributed by atoms with E-state index in [9.17, 15) is 0 Å². The number of hydrogen-bond acceptors (Lipinski definition) is 4. The monoisotopic (exact) mass is 229 g/mol. The number of ether oxygens (including phenoxy) is 1. The van der Waals surface area contributed by atoms with Crippen molar-refractivity contribution in [2.45, 2.75) is 6.92 Å².